The molecule has 4 N–H and O–H groups in total. The first kappa shape index (κ1) is 24.1. The Balaban J connectivity index is 0.000000300. The van der Waals surface area contributed by atoms with E-state index in [4.69, 9.17) is 10.2 Å². The van der Waals surface area contributed by atoms with E-state index in [2.05, 4.69) is 10.6 Å². The number of carbonyl (C=O) groups is 4. The number of rotatable bonds is 7. The van der Waals surface area contributed by atoms with Gasteiger partial charge in [-0.2, -0.15) is 0 Å². The zero-order valence-corrected chi connectivity index (χ0v) is 16.7. The molecule has 0 heterocycles. The molecule has 2 aromatic carbocycles. The summed E-state index contributed by atoms with van der Waals surface area (Å²) >= 11 is 0. The van der Waals surface area contributed by atoms with Crippen LogP contribution in [-0.2, 0) is 25.6 Å². The van der Waals surface area contributed by atoms with Gasteiger partial charge in [0, 0.05) is 20.3 Å². The van der Waals surface area contributed by atoms with Gasteiger partial charge in [0.25, 0.3) is 0 Å². The Morgan fingerprint density at radius 2 is 1.40 bits per heavy atom. The average molecular weight is 412 g/mol. The van der Waals surface area contributed by atoms with Crippen LogP contribution in [0.1, 0.15) is 25.0 Å². The van der Waals surface area contributed by atoms with Crippen LogP contribution in [0.2, 0.25) is 0 Å². The molecule has 0 aliphatic rings. The maximum atomic E-state index is 10.8. The molecule has 0 radical (unpaired) electrons. The first-order chi connectivity index (χ1) is 14.2. The predicted octanol–water partition coefficient (Wildman–Crippen LogP) is 2.07. The maximum absolute atomic E-state index is 10.8. The van der Waals surface area contributed by atoms with Gasteiger partial charge in [-0.1, -0.05) is 60.7 Å². The van der Waals surface area contributed by atoms with E-state index in [9.17, 15) is 19.2 Å². The summed E-state index contributed by atoms with van der Waals surface area (Å²) in [6.45, 7) is 2.57. The Morgan fingerprint density at radius 3 is 1.83 bits per heavy atom. The molecule has 1 atom stereocenters. The normalized spacial score (nSPS) is 11.3. The van der Waals surface area contributed by atoms with Gasteiger partial charge in [0.2, 0.25) is 11.8 Å². The molecule has 0 aliphatic heterocycles. The summed E-state index contributed by atoms with van der Waals surface area (Å²) in [7, 11) is 0. The Labute approximate surface area is 174 Å². The first-order valence-electron chi connectivity index (χ1n) is 9.00. The standard InChI is InChI=1S/C11H13NO3.C11H11NO3/c2*1-8(13)12-10(11(14)15)7-9-5-3-2-4-6-9/h2-6,10H,7H2,1H3,(H,12,13)(H,14,15);2-7H,1H3,(H,12,13)(H,14,15)/b;10-7-. The van der Waals surface area contributed by atoms with Crippen LogP contribution in [0.3, 0.4) is 0 Å². The molecule has 0 spiro atoms. The van der Waals surface area contributed by atoms with E-state index < -0.39 is 23.9 Å². The molecule has 2 aromatic rings. The molecular formula is C22H24N2O6. The molecule has 0 aromatic heterocycles. The van der Waals surface area contributed by atoms with E-state index in [1.54, 1.807) is 24.3 Å². The van der Waals surface area contributed by atoms with Crippen molar-refractivity contribution in [3.63, 3.8) is 0 Å². The number of benzene rings is 2. The van der Waals surface area contributed by atoms with E-state index in [-0.39, 0.29) is 11.6 Å². The van der Waals surface area contributed by atoms with Gasteiger partial charge in [0.15, 0.2) is 0 Å². The van der Waals surface area contributed by atoms with Crippen molar-refractivity contribution in [1.29, 1.82) is 0 Å². The number of aliphatic carboxylic acids is 2. The van der Waals surface area contributed by atoms with Gasteiger partial charge in [-0.05, 0) is 17.2 Å². The van der Waals surface area contributed by atoms with Crippen molar-refractivity contribution in [1.82, 2.24) is 10.6 Å². The summed E-state index contributed by atoms with van der Waals surface area (Å²) in [5.74, 6) is -2.92. The van der Waals surface area contributed by atoms with Crippen molar-refractivity contribution in [2.45, 2.75) is 26.3 Å². The van der Waals surface area contributed by atoms with E-state index in [1.165, 1.54) is 19.9 Å². The van der Waals surface area contributed by atoms with Crippen LogP contribution < -0.4 is 10.6 Å². The van der Waals surface area contributed by atoms with Gasteiger partial charge in [-0.3, -0.25) is 9.59 Å². The summed E-state index contributed by atoms with van der Waals surface area (Å²) in [6, 6.07) is 17.3. The topological polar surface area (TPSA) is 133 Å². The van der Waals surface area contributed by atoms with E-state index in [0.29, 0.717) is 6.42 Å². The largest absolute Gasteiger partial charge is 0.480 e. The number of carbonyl (C=O) groups excluding carboxylic acids is 2. The number of carboxylic acids is 2. The molecule has 0 aliphatic carbocycles. The van der Waals surface area contributed by atoms with Crippen LogP contribution in [-0.4, -0.2) is 40.0 Å². The lowest BCUT2D eigenvalue weighted by molar-refractivity contribution is -0.141. The van der Waals surface area contributed by atoms with Gasteiger partial charge in [-0.15, -0.1) is 0 Å². The van der Waals surface area contributed by atoms with Crippen molar-refractivity contribution in [2.24, 2.45) is 0 Å². The molecule has 158 valence electrons. The van der Waals surface area contributed by atoms with Gasteiger partial charge in [0.1, 0.15) is 11.7 Å². The molecule has 0 saturated carbocycles. The van der Waals surface area contributed by atoms with Crippen molar-refractivity contribution < 1.29 is 29.4 Å². The third kappa shape index (κ3) is 9.84. The molecule has 0 bridgehead atoms. The Bertz CT molecular complexity index is 894. The lowest BCUT2D eigenvalue weighted by Gasteiger charge is -2.12. The van der Waals surface area contributed by atoms with Crippen molar-refractivity contribution in [3.05, 3.63) is 77.5 Å². The van der Waals surface area contributed by atoms with Crippen LogP contribution in [0.5, 0.6) is 0 Å². The predicted molar refractivity (Wildman–Crippen MR) is 111 cm³/mol. The quantitative estimate of drug-likeness (QED) is 0.515. The van der Waals surface area contributed by atoms with Crippen LogP contribution >= 0.6 is 0 Å². The molecule has 8 nitrogen and oxygen atoms in total. The molecule has 8 heteroatoms. The summed E-state index contributed by atoms with van der Waals surface area (Å²) in [5, 5.41) is 22.3. The highest BCUT2D eigenvalue weighted by Gasteiger charge is 2.18. The average Bonchev–Trinajstić information content (AvgIpc) is 2.68. The minimum absolute atomic E-state index is 0.131. The van der Waals surface area contributed by atoms with Gasteiger partial charge in [0.05, 0.1) is 0 Å². The van der Waals surface area contributed by atoms with Crippen molar-refractivity contribution in [3.8, 4) is 0 Å². The zero-order valence-electron chi connectivity index (χ0n) is 16.7. The van der Waals surface area contributed by atoms with Gasteiger partial charge in [-0.25, -0.2) is 9.59 Å². The Kier molecular flexibility index (Phi) is 10.0. The van der Waals surface area contributed by atoms with Crippen molar-refractivity contribution >= 4 is 29.8 Å². The maximum Gasteiger partial charge on any atom is 0.352 e. The lowest BCUT2D eigenvalue weighted by atomic mass is 10.1. The molecule has 2 rings (SSSR count). The molecular weight excluding hydrogens is 388 g/mol. The fraction of sp³-hybridized carbons (Fsp3) is 0.182. The fourth-order valence-electron chi connectivity index (χ4n) is 2.35. The van der Waals surface area contributed by atoms with Crippen LogP contribution in [0.15, 0.2) is 66.4 Å². The van der Waals surface area contributed by atoms with Gasteiger partial charge < -0.3 is 20.8 Å². The molecule has 0 saturated heterocycles. The van der Waals surface area contributed by atoms with Crippen LogP contribution in [0.25, 0.3) is 6.08 Å². The first-order valence-corrected chi connectivity index (χ1v) is 9.00. The summed E-state index contributed by atoms with van der Waals surface area (Å²) in [6.07, 6.45) is 1.71. The number of amides is 2. The zero-order chi connectivity index (χ0) is 22.5. The van der Waals surface area contributed by atoms with E-state index >= 15 is 0 Å². The second-order valence-corrected chi connectivity index (χ2v) is 6.24. The van der Waals surface area contributed by atoms with Crippen molar-refractivity contribution in [2.75, 3.05) is 0 Å². The molecule has 1 unspecified atom stereocenters. The second-order valence-electron chi connectivity index (χ2n) is 6.24. The number of carboxylic acid groups (broad SMARTS) is 2. The monoisotopic (exact) mass is 412 g/mol. The molecule has 30 heavy (non-hydrogen) atoms. The molecule has 2 amide bonds. The van der Waals surface area contributed by atoms with Gasteiger partial charge >= 0.3 is 11.9 Å². The third-order valence-corrected chi connectivity index (χ3v) is 3.61. The third-order valence-electron chi connectivity index (χ3n) is 3.61. The van der Waals surface area contributed by atoms with Crippen LogP contribution in [0, 0.1) is 0 Å². The summed E-state index contributed by atoms with van der Waals surface area (Å²) < 4.78 is 0. The highest BCUT2D eigenvalue weighted by molar-refractivity contribution is 5.96. The number of hydrogen-bond acceptors (Lipinski definition) is 4. The summed E-state index contributed by atoms with van der Waals surface area (Å²) in [5.41, 5.74) is 1.48. The lowest BCUT2D eigenvalue weighted by Crippen LogP contribution is -2.41. The number of nitrogens with one attached hydrogen (secondary N) is 2. The van der Waals surface area contributed by atoms with E-state index in [0.717, 1.165) is 11.1 Å². The SMILES string of the molecule is CC(=O)N/C(=C\c1ccccc1)C(=O)O.CC(=O)NC(Cc1ccccc1)C(=O)O. The minimum Gasteiger partial charge on any atom is -0.480 e. The molecule has 0 fully saturated rings. The minimum atomic E-state index is -1.16. The van der Waals surface area contributed by atoms with E-state index in [1.807, 2.05) is 36.4 Å². The fourth-order valence-corrected chi connectivity index (χ4v) is 2.35. The Hall–Kier alpha value is -3.94. The number of hydrogen-bond donors (Lipinski definition) is 4. The smallest absolute Gasteiger partial charge is 0.352 e. The second kappa shape index (κ2) is 12.5. The summed E-state index contributed by atoms with van der Waals surface area (Å²) in [4.78, 5) is 43.1. The Morgan fingerprint density at radius 1 is 0.867 bits per heavy atom. The highest BCUT2D eigenvalue weighted by Crippen LogP contribution is 2.05. The highest BCUT2D eigenvalue weighted by atomic mass is 16.4. The van der Waals surface area contributed by atoms with Crippen LogP contribution in [0.4, 0.5) is 0 Å².